The number of carbonyl (C=O) groups excluding carboxylic acids is 1. The third kappa shape index (κ3) is 7.90. The Kier molecular flexibility index (Phi) is 7.51. The van der Waals surface area contributed by atoms with Crippen LogP contribution in [0.4, 0.5) is 0 Å². The second-order valence-corrected chi connectivity index (χ2v) is 6.41. The van der Waals surface area contributed by atoms with Crippen LogP contribution in [0.2, 0.25) is 0 Å². The molecular weight excluding hydrogens is 264 g/mol. The Labute approximate surface area is 128 Å². The number of esters is 1. The van der Waals surface area contributed by atoms with Gasteiger partial charge >= 0.3 is 5.97 Å². The molecule has 4 heteroatoms. The van der Waals surface area contributed by atoms with Gasteiger partial charge in [-0.3, -0.25) is 4.79 Å². The molecule has 0 fully saturated rings. The van der Waals surface area contributed by atoms with Gasteiger partial charge in [-0.25, -0.2) is 0 Å². The van der Waals surface area contributed by atoms with Crippen molar-refractivity contribution in [2.45, 2.75) is 72.0 Å². The highest BCUT2D eigenvalue weighted by molar-refractivity contribution is 5.69. The summed E-state index contributed by atoms with van der Waals surface area (Å²) in [7, 11) is 0. The fourth-order valence-electron chi connectivity index (χ4n) is 2.15. The van der Waals surface area contributed by atoms with Gasteiger partial charge in [0.15, 0.2) is 0 Å². The summed E-state index contributed by atoms with van der Waals surface area (Å²) in [5, 5.41) is 3.51. The summed E-state index contributed by atoms with van der Waals surface area (Å²) in [6, 6.07) is 4.26. The molecule has 21 heavy (non-hydrogen) atoms. The van der Waals surface area contributed by atoms with Gasteiger partial charge in [-0.2, -0.15) is 0 Å². The van der Waals surface area contributed by atoms with Crippen molar-refractivity contribution >= 4 is 5.97 Å². The van der Waals surface area contributed by atoms with E-state index in [0.717, 1.165) is 32.4 Å². The fraction of sp³-hybridized carbons (Fsp3) is 0.706. The molecule has 1 N–H and O–H groups in total. The second-order valence-electron chi connectivity index (χ2n) is 6.41. The Hall–Kier alpha value is -1.29. The monoisotopic (exact) mass is 294 g/mol. The minimum absolute atomic E-state index is 0.0754. The minimum Gasteiger partial charge on any atom is -0.466 e. The summed E-state index contributed by atoms with van der Waals surface area (Å²) in [6.07, 6.45) is 5.73. The first-order chi connectivity index (χ1) is 9.92. The zero-order valence-electron chi connectivity index (χ0n) is 13.9. The molecule has 0 spiro atoms. The number of nitrogens with zero attached hydrogens (tertiary/aromatic N) is 1. The molecule has 1 heterocycles. The number of ether oxygens (including phenoxy) is 1. The molecule has 4 nitrogen and oxygen atoms in total. The van der Waals surface area contributed by atoms with Gasteiger partial charge in [-0.15, -0.1) is 0 Å². The molecule has 0 radical (unpaired) electrons. The first kappa shape index (κ1) is 17.8. The van der Waals surface area contributed by atoms with E-state index in [1.54, 1.807) is 0 Å². The molecule has 0 amide bonds. The number of unbranched alkanes of at least 4 members (excludes halogenated alkanes) is 2. The molecule has 120 valence electrons. The predicted molar refractivity (Wildman–Crippen MR) is 86.1 cm³/mol. The molecule has 0 unspecified atom stereocenters. The topological polar surface area (TPSA) is 43.3 Å². The van der Waals surface area contributed by atoms with E-state index in [1.165, 1.54) is 5.69 Å². The van der Waals surface area contributed by atoms with E-state index in [2.05, 4.69) is 49.0 Å². The quantitative estimate of drug-likeness (QED) is 0.560. The molecule has 0 aliphatic heterocycles. The Morgan fingerprint density at radius 2 is 2.05 bits per heavy atom. The van der Waals surface area contributed by atoms with E-state index in [9.17, 15) is 4.79 Å². The first-order valence-corrected chi connectivity index (χ1v) is 7.97. The van der Waals surface area contributed by atoms with Crippen molar-refractivity contribution in [3.8, 4) is 0 Å². The number of carbonyl (C=O) groups is 1. The largest absolute Gasteiger partial charge is 0.466 e. The van der Waals surface area contributed by atoms with Crippen LogP contribution in [0.3, 0.4) is 0 Å². The smallest absolute Gasteiger partial charge is 0.305 e. The van der Waals surface area contributed by atoms with Crippen LogP contribution >= 0.6 is 0 Å². The van der Waals surface area contributed by atoms with Gasteiger partial charge in [-0.1, -0.05) is 6.42 Å². The molecule has 1 rings (SSSR count). The maximum absolute atomic E-state index is 11.2. The van der Waals surface area contributed by atoms with Crippen LogP contribution in [0.1, 0.15) is 59.1 Å². The molecule has 0 aliphatic rings. The van der Waals surface area contributed by atoms with Crippen molar-refractivity contribution in [2.24, 2.45) is 0 Å². The van der Waals surface area contributed by atoms with Crippen LogP contribution < -0.4 is 5.32 Å². The van der Waals surface area contributed by atoms with Crippen molar-refractivity contribution in [1.82, 2.24) is 9.88 Å². The Morgan fingerprint density at radius 3 is 2.71 bits per heavy atom. The normalized spacial score (nSPS) is 11.6. The molecule has 0 bridgehead atoms. The lowest BCUT2D eigenvalue weighted by atomic mass is 10.1. The van der Waals surface area contributed by atoms with Crippen LogP contribution in [0.25, 0.3) is 0 Å². The van der Waals surface area contributed by atoms with E-state index < -0.39 is 0 Å². The average molecular weight is 294 g/mol. The van der Waals surface area contributed by atoms with Crippen LogP contribution in [0.5, 0.6) is 0 Å². The minimum atomic E-state index is -0.0754. The molecule has 0 aliphatic carbocycles. The highest BCUT2D eigenvalue weighted by Gasteiger charge is 2.10. The van der Waals surface area contributed by atoms with Crippen LogP contribution in [0, 0.1) is 0 Å². The summed E-state index contributed by atoms with van der Waals surface area (Å²) in [6.45, 7) is 10.8. The van der Waals surface area contributed by atoms with E-state index in [1.807, 2.05) is 6.92 Å². The van der Waals surface area contributed by atoms with E-state index in [0.29, 0.717) is 13.0 Å². The summed E-state index contributed by atoms with van der Waals surface area (Å²) in [5.74, 6) is -0.0754. The van der Waals surface area contributed by atoms with E-state index in [-0.39, 0.29) is 11.5 Å². The maximum atomic E-state index is 11.2. The predicted octanol–water partition coefficient (Wildman–Crippen LogP) is 3.50. The van der Waals surface area contributed by atoms with Gasteiger partial charge in [0.1, 0.15) is 0 Å². The Bertz CT molecular complexity index is 419. The van der Waals surface area contributed by atoms with E-state index in [4.69, 9.17) is 4.74 Å². The number of nitrogens with one attached hydrogen (secondary N) is 1. The lowest BCUT2D eigenvalue weighted by Crippen LogP contribution is -2.35. The van der Waals surface area contributed by atoms with Gasteiger partial charge < -0.3 is 14.6 Å². The molecule has 0 saturated heterocycles. The van der Waals surface area contributed by atoms with Crippen molar-refractivity contribution in [3.63, 3.8) is 0 Å². The summed E-state index contributed by atoms with van der Waals surface area (Å²) in [4.78, 5) is 11.2. The molecule has 1 aromatic heterocycles. The zero-order valence-corrected chi connectivity index (χ0v) is 13.9. The number of hydrogen-bond acceptors (Lipinski definition) is 3. The Balaban J connectivity index is 2.24. The van der Waals surface area contributed by atoms with Gasteiger partial charge in [0.05, 0.1) is 6.61 Å². The van der Waals surface area contributed by atoms with Crippen LogP contribution in [0.15, 0.2) is 18.3 Å². The molecule has 0 atom stereocenters. The number of rotatable bonds is 9. The highest BCUT2D eigenvalue weighted by atomic mass is 16.5. The summed E-state index contributed by atoms with van der Waals surface area (Å²) < 4.78 is 7.22. The molecule has 1 aromatic rings. The van der Waals surface area contributed by atoms with Crippen LogP contribution in [-0.4, -0.2) is 22.7 Å². The summed E-state index contributed by atoms with van der Waals surface area (Å²) in [5.41, 5.74) is 1.45. The lowest BCUT2D eigenvalue weighted by Gasteiger charge is -2.21. The molecule has 0 aromatic carbocycles. The zero-order chi connectivity index (χ0) is 15.7. The first-order valence-electron chi connectivity index (χ1n) is 7.97. The van der Waals surface area contributed by atoms with Gasteiger partial charge in [0.25, 0.3) is 0 Å². The van der Waals surface area contributed by atoms with Gasteiger partial charge in [-0.05, 0) is 52.7 Å². The average Bonchev–Trinajstić information content (AvgIpc) is 2.83. The van der Waals surface area contributed by atoms with Crippen molar-refractivity contribution in [2.75, 3.05) is 6.61 Å². The SMILES string of the molecule is CCOC(=O)CCCCCn1cccc1CNC(C)(C)C. The maximum Gasteiger partial charge on any atom is 0.305 e. The fourth-order valence-corrected chi connectivity index (χ4v) is 2.15. The van der Waals surface area contributed by atoms with Gasteiger partial charge in [0.2, 0.25) is 0 Å². The third-order valence-corrected chi connectivity index (χ3v) is 3.31. The molecule has 0 saturated carbocycles. The summed E-state index contributed by atoms with van der Waals surface area (Å²) >= 11 is 0. The number of aryl methyl sites for hydroxylation is 1. The standard InChI is InChI=1S/C17H30N2O2/c1-5-21-16(20)11-7-6-8-12-19-13-9-10-15(19)14-18-17(2,3)4/h9-10,13,18H,5-8,11-12,14H2,1-4H3. The second kappa shape index (κ2) is 8.88. The Morgan fingerprint density at radius 1 is 1.29 bits per heavy atom. The van der Waals surface area contributed by atoms with Gasteiger partial charge in [0, 0.05) is 36.9 Å². The van der Waals surface area contributed by atoms with Crippen molar-refractivity contribution in [1.29, 1.82) is 0 Å². The van der Waals surface area contributed by atoms with E-state index >= 15 is 0 Å². The van der Waals surface area contributed by atoms with Crippen molar-refractivity contribution in [3.05, 3.63) is 24.0 Å². The van der Waals surface area contributed by atoms with Crippen LogP contribution in [-0.2, 0) is 22.6 Å². The highest BCUT2D eigenvalue weighted by Crippen LogP contribution is 2.09. The number of hydrogen-bond donors (Lipinski definition) is 1. The molecular formula is C17H30N2O2. The lowest BCUT2D eigenvalue weighted by molar-refractivity contribution is -0.143. The number of aromatic nitrogens is 1. The third-order valence-electron chi connectivity index (χ3n) is 3.31. The van der Waals surface area contributed by atoms with Crippen molar-refractivity contribution < 1.29 is 9.53 Å².